The molecule has 2 fully saturated rings. The Morgan fingerprint density at radius 2 is 1.77 bits per heavy atom. The minimum atomic E-state index is -0.276. The number of nitrogens with one attached hydrogen (secondary N) is 1. The van der Waals surface area contributed by atoms with E-state index < -0.39 is 0 Å². The first-order chi connectivity index (χ1) is 20.8. The van der Waals surface area contributed by atoms with Gasteiger partial charge in [0.1, 0.15) is 11.9 Å². The molecule has 2 aliphatic heterocycles. The molecule has 43 heavy (non-hydrogen) atoms. The summed E-state index contributed by atoms with van der Waals surface area (Å²) in [5.41, 5.74) is 3.93. The van der Waals surface area contributed by atoms with Crippen LogP contribution in [-0.2, 0) is 16.0 Å². The maximum atomic E-state index is 13.2. The Balaban J connectivity index is 1.15. The quantitative estimate of drug-likeness (QED) is 0.298. The summed E-state index contributed by atoms with van der Waals surface area (Å²) in [5.74, 6) is 0.219. The number of carbonyl (C=O) groups excluding carboxylic acids is 3. The number of hydrogen-bond acceptors (Lipinski definition) is 8. The van der Waals surface area contributed by atoms with Crippen molar-refractivity contribution < 1.29 is 23.9 Å². The third kappa shape index (κ3) is 7.61. The summed E-state index contributed by atoms with van der Waals surface area (Å²) in [7, 11) is 1.65. The molecule has 228 valence electrons. The summed E-state index contributed by atoms with van der Waals surface area (Å²) in [6, 6.07) is 13.4. The fraction of sp³-hybridized carbons (Fsp3) is 0.455. The van der Waals surface area contributed by atoms with Gasteiger partial charge in [0.15, 0.2) is 5.13 Å². The molecule has 1 atom stereocenters. The van der Waals surface area contributed by atoms with Crippen LogP contribution in [0.3, 0.4) is 0 Å². The van der Waals surface area contributed by atoms with Crippen molar-refractivity contribution in [1.82, 2.24) is 14.8 Å². The van der Waals surface area contributed by atoms with Gasteiger partial charge in [-0.25, -0.2) is 4.98 Å². The summed E-state index contributed by atoms with van der Waals surface area (Å²) in [6.45, 7) is 6.68. The first-order valence-corrected chi connectivity index (χ1v) is 16.0. The van der Waals surface area contributed by atoms with Crippen LogP contribution in [0.2, 0.25) is 0 Å². The van der Waals surface area contributed by atoms with E-state index in [0.717, 1.165) is 68.6 Å². The van der Waals surface area contributed by atoms with Gasteiger partial charge in [-0.2, -0.15) is 0 Å². The number of aryl methyl sites for hydroxylation is 1. The Bertz CT molecular complexity index is 1430. The molecule has 1 unspecified atom stereocenters. The van der Waals surface area contributed by atoms with E-state index in [1.165, 1.54) is 23.8 Å². The largest absolute Gasteiger partial charge is 0.496 e. The van der Waals surface area contributed by atoms with Gasteiger partial charge in [-0.05, 0) is 74.1 Å². The van der Waals surface area contributed by atoms with Crippen LogP contribution in [-0.4, -0.2) is 78.0 Å². The zero-order chi connectivity index (χ0) is 30.3. The number of carbonyl (C=O) groups is 3. The van der Waals surface area contributed by atoms with Crippen molar-refractivity contribution in [2.24, 2.45) is 0 Å². The second-order valence-corrected chi connectivity index (χ2v) is 12.1. The first-order valence-electron chi connectivity index (χ1n) is 15.1. The zero-order valence-electron chi connectivity index (χ0n) is 25.1. The molecular formula is C33H40N4O5S. The molecule has 10 heteroatoms. The van der Waals surface area contributed by atoms with Gasteiger partial charge >= 0.3 is 5.97 Å². The van der Waals surface area contributed by atoms with Gasteiger partial charge in [0, 0.05) is 61.2 Å². The zero-order valence-corrected chi connectivity index (χ0v) is 26.0. The number of rotatable bonds is 10. The average molecular weight is 605 g/mol. The van der Waals surface area contributed by atoms with Gasteiger partial charge in [-0.1, -0.05) is 19.4 Å². The number of nitrogens with zero attached hydrogens (tertiary/aromatic N) is 3. The highest BCUT2D eigenvalue weighted by molar-refractivity contribution is 7.14. The predicted octanol–water partition coefficient (Wildman–Crippen LogP) is 5.66. The van der Waals surface area contributed by atoms with Crippen LogP contribution in [0.5, 0.6) is 5.75 Å². The Labute approximate surface area is 257 Å². The van der Waals surface area contributed by atoms with Gasteiger partial charge < -0.3 is 14.4 Å². The van der Waals surface area contributed by atoms with Crippen molar-refractivity contribution in [2.45, 2.75) is 64.5 Å². The number of methoxy groups -OCH3 is 1. The number of unbranched alkanes of at least 4 members (excludes halogenated alkanes) is 1. The highest BCUT2D eigenvalue weighted by Gasteiger charge is 2.33. The van der Waals surface area contributed by atoms with Crippen molar-refractivity contribution in [3.63, 3.8) is 0 Å². The van der Waals surface area contributed by atoms with Crippen LogP contribution in [0.25, 0.3) is 11.3 Å². The average Bonchev–Trinajstić information content (AvgIpc) is 3.69. The number of piperidine rings is 1. The molecule has 2 aliphatic rings. The first kappa shape index (κ1) is 30.7. The second-order valence-electron chi connectivity index (χ2n) is 11.2. The van der Waals surface area contributed by atoms with Crippen molar-refractivity contribution in [2.75, 3.05) is 38.6 Å². The molecule has 3 aromatic rings. The van der Waals surface area contributed by atoms with E-state index in [9.17, 15) is 14.4 Å². The van der Waals surface area contributed by atoms with E-state index in [-0.39, 0.29) is 23.9 Å². The summed E-state index contributed by atoms with van der Waals surface area (Å²) < 4.78 is 10.9. The lowest BCUT2D eigenvalue weighted by molar-refractivity contribution is -0.145. The molecule has 0 aliphatic carbocycles. The third-order valence-electron chi connectivity index (χ3n) is 8.25. The monoisotopic (exact) mass is 604 g/mol. The molecule has 9 nitrogen and oxygen atoms in total. The highest BCUT2D eigenvalue weighted by Crippen LogP contribution is 2.33. The SMILES string of the molecule is CCCCc1ccc(OC)c(-c2csc(NC(=O)c3ccc(C(=O)N4CCC(N5CCC(OC(C)=O)C5)CC4)cc3)n2)c1. The molecule has 5 rings (SSSR count). The molecule has 3 heterocycles. The van der Waals surface area contributed by atoms with E-state index in [1.54, 1.807) is 31.4 Å². The predicted molar refractivity (Wildman–Crippen MR) is 168 cm³/mol. The summed E-state index contributed by atoms with van der Waals surface area (Å²) in [6.07, 6.45) is 5.86. The number of aromatic nitrogens is 1. The molecule has 0 radical (unpaired) electrons. The minimum Gasteiger partial charge on any atom is -0.496 e. The lowest BCUT2D eigenvalue weighted by Crippen LogP contribution is -2.46. The highest BCUT2D eigenvalue weighted by atomic mass is 32.1. The van der Waals surface area contributed by atoms with Crippen molar-refractivity contribution >= 4 is 34.3 Å². The maximum Gasteiger partial charge on any atom is 0.302 e. The molecule has 2 amide bonds. The van der Waals surface area contributed by atoms with Crippen LogP contribution >= 0.6 is 11.3 Å². The molecule has 0 saturated carbocycles. The Morgan fingerprint density at radius 3 is 2.47 bits per heavy atom. The minimum absolute atomic E-state index is 0.0238. The second kappa shape index (κ2) is 14.1. The van der Waals surface area contributed by atoms with E-state index in [0.29, 0.717) is 35.4 Å². The molecule has 0 bridgehead atoms. The number of ether oxygens (including phenoxy) is 2. The Morgan fingerprint density at radius 1 is 1.02 bits per heavy atom. The van der Waals surface area contributed by atoms with Crippen LogP contribution in [0.4, 0.5) is 5.13 Å². The van der Waals surface area contributed by atoms with Gasteiger partial charge in [0.2, 0.25) is 0 Å². The van der Waals surface area contributed by atoms with Crippen molar-refractivity contribution in [1.29, 1.82) is 0 Å². The lowest BCUT2D eigenvalue weighted by Gasteiger charge is -2.36. The Kier molecular flexibility index (Phi) is 10.1. The fourth-order valence-electron chi connectivity index (χ4n) is 5.91. The van der Waals surface area contributed by atoms with E-state index >= 15 is 0 Å². The van der Waals surface area contributed by atoms with Gasteiger partial charge in [-0.3, -0.25) is 24.6 Å². The smallest absolute Gasteiger partial charge is 0.302 e. The molecule has 1 N–H and O–H groups in total. The number of likely N-dealkylation sites (tertiary alicyclic amines) is 2. The van der Waals surface area contributed by atoms with Gasteiger partial charge in [0.05, 0.1) is 12.8 Å². The molecule has 0 spiro atoms. The number of anilines is 1. The molecule has 1 aromatic heterocycles. The Hall–Kier alpha value is -3.76. The molecule has 2 saturated heterocycles. The number of hydrogen-bond donors (Lipinski definition) is 1. The summed E-state index contributed by atoms with van der Waals surface area (Å²) in [5, 5.41) is 5.31. The van der Waals surface area contributed by atoms with Crippen LogP contribution < -0.4 is 10.1 Å². The topological polar surface area (TPSA) is 101 Å². The number of amides is 2. The van der Waals surface area contributed by atoms with E-state index in [4.69, 9.17) is 9.47 Å². The number of thiazole rings is 1. The fourth-order valence-corrected chi connectivity index (χ4v) is 6.62. The number of benzene rings is 2. The van der Waals surface area contributed by atoms with Gasteiger partial charge in [0.25, 0.3) is 11.8 Å². The molecular weight excluding hydrogens is 564 g/mol. The lowest BCUT2D eigenvalue weighted by atomic mass is 10.0. The standard InChI is InChI=1S/C33H40N4O5S/c1-4-5-6-23-7-12-30(41-3)28(19-23)29-21-43-33(34-29)35-31(39)24-8-10-25(11-9-24)32(40)36-16-13-26(14-17-36)37-18-15-27(20-37)42-22(2)38/h7-12,19,21,26-27H,4-6,13-18,20H2,1-3H3,(H,34,35,39). The summed E-state index contributed by atoms with van der Waals surface area (Å²) >= 11 is 1.36. The van der Waals surface area contributed by atoms with Crippen molar-refractivity contribution in [3.05, 3.63) is 64.5 Å². The van der Waals surface area contributed by atoms with Crippen LogP contribution in [0, 0.1) is 0 Å². The molecule has 2 aromatic carbocycles. The van der Waals surface area contributed by atoms with Crippen LogP contribution in [0.15, 0.2) is 47.8 Å². The summed E-state index contributed by atoms with van der Waals surface area (Å²) in [4.78, 5) is 46.4. The third-order valence-corrected chi connectivity index (χ3v) is 9.01. The maximum absolute atomic E-state index is 13.2. The van der Waals surface area contributed by atoms with Crippen LogP contribution in [0.1, 0.15) is 72.2 Å². The van der Waals surface area contributed by atoms with Crippen molar-refractivity contribution in [3.8, 4) is 17.0 Å². The number of esters is 1. The van der Waals surface area contributed by atoms with E-state index in [1.807, 2.05) is 16.3 Å². The van der Waals surface area contributed by atoms with E-state index in [2.05, 4.69) is 34.3 Å². The normalized spacial score (nSPS) is 17.6. The van der Waals surface area contributed by atoms with Gasteiger partial charge in [-0.15, -0.1) is 11.3 Å².